The van der Waals surface area contributed by atoms with E-state index in [0.717, 1.165) is 4.68 Å². The van der Waals surface area contributed by atoms with Gasteiger partial charge in [0.25, 0.3) is 0 Å². The zero-order valence-corrected chi connectivity index (χ0v) is 15.1. The van der Waals surface area contributed by atoms with Crippen LogP contribution in [0.25, 0.3) is 11.4 Å². The molecule has 0 atom stereocenters. The van der Waals surface area contributed by atoms with Gasteiger partial charge in [-0.05, 0) is 5.56 Å². The Morgan fingerprint density at radius 3 is 2.48 bits per heavy atom. The first kappa shape index (κ1) is 20.7. The van der Waals surface area contributed by atoms with Crippen molar-refractivity contribution in [3.05, 3.63) is 46.4 Å². The minimum Gasteiger partial charge on any atom is -0.416 e. The van der Waals surface area contributed by atoms with Gasteiger partial charge in [-0.1, -0.05) is 41.0 Å². The van der Waals surface area contributed by atoms with Crippen molar-refractivity contribution in [2.75, 3.05) is 0 Å². The number of carbonyl (C=O) groups excluding carboxylic acids is 1. The van der Waals surface area contributed by atoms with E-state index in [0.29, 0.717) is 5.56 Å². The van der Waals surface area contributed by atoms with Crippen LogP contribution in [0, 0.1) is 0 Å². The fraction of sp³-hybridized carbons (Fsp3) is 0.250. The molecular weight excluding hydrogens is 427 g/mol. The SMILES string of the molecule is Cn1nc(C(=O)Cc2ccc(-c3noc(C(F)(F)F)n3)cc2)c(Cl)c1OC(F)F. The van der Waals surface area contributed by atoms with Crippen LogP contribution in [0.1, 0.15) is 21.9 Å². The Morgan fingerprint density at radius 2 is 1.93 bits per heavy atom. The Balaban J connectivity index is 1.75. The first-order valence-corrected chi connectivity index (χ1v) is 8.14. The molecule has 1 aromatic carbocycles. The molecule has 0 saturated carbocycles. The van der Waals surface area contributed by atoms with Crippen molar-refractivity contribution in [3.63, 3.8) is 0 Å². The lowest BCUT2D eigenvalue weighted by Gasteiger charge is -2.03. The predicted octanol–water partition coefficient (Wildman–Crippen LogP) is 4.17. The fourth-order valence-corrected chi connectivity index (χ4v) is 2.68. The minimum absolute atomic E-state index is 0.189. The Morgan fingerprint density at radius 1 is 1.28 bits per heavy atom. The van der Waals surface area contributed by atoms with Crippen LogP contribution in [0.3, 0.4) is 0 Å². The van der Waals surface area contributed by atoms with Gasteiger partial charge in [-0.15, -0.1) is 0 Å². The third kappa shape index (κ3) is 4.53. The van der Waals surface area contributed by atoms with Gasteiger partial charge in [0, 0.05) is 19.0 Å². The van der Waals surface area contributed by atoms with E-state index >= 15 is 0 Å². The van der Waals surface area contributed by atoms with Gasteiger partial charge in [-0.2, -0.15) is 32.0 Å². The molecular formula is C16H10ClF5N4O3. The van der Waals surface area contributed by atoms with Gasteiger partial charge in [0.1, 0.15) is 5.02 Å². The summed E-state index contributed by atoms with van der Waals surface area (Å²) in [5.74, 6) is -2.76. The van der Waals surface area contributed by atoms with E-state index in [9.17, 15) is 26.7 Å². The Kier molecular flexibility index (Phi) is 5.55. The number of hydrogen-bond acceptors (Lipinski definition) is 6. The molecule has 0 saturated heterocycles. The van der Waals surface area contributed by atoms with Crippen LogP contribution in [-0.2, 0) is 19.6 Å². The Bertz CT molecular complexity index is 1030. The molecule has 3 rings (SSSR count). The predicted molar refractivity (Wildman–Crippen MR) is 87.6 cm³/mol. The maximum atomic E-state index is 12.5. The monoisotopic (exact) mass is 436 g/mol. The van der Waals surface area contributed by atoms with Crippen molar-refractivity contribution in [2.24, 2.45) is 7.05 Å². The van der Waals surface area contributed by atoms with Crippen molar-refractivity contribution in [3.8, 4) is 17.3 Å². The van der Waals surface area contributed by atoms with Crippen molar-refractivity contribution in [1.29, 1.82) is 0 Å². The van der Waals surface area contributed by atoms with E-state index in [4.69, 9.17) is 11.6 Å². The first-order valence-electron chi connectivity index (χ1n) is 7.77. The molecule has 2 aromatic heterocycles. The van der Waals surface area contributed by atoms with E-state index in [1.165, 1.54) is 31.3 Å². The molecule has 2 heterocycles. The van der Waals surface area contributed by atoms with E-state index in [1.807, 2.05) is 0 Å². The van der Waals surface area contributed by atoms with E-state index < -0.39 is 30.3 Å². The molecule has 0 spiro atoms. The quantitative estimate of drug-likeness (QED) is 0.426. The smallest absolute Gasteiger partial charge is 0.416 e. The molecule has 3 aromatic rings. The number of nitrogens with zero attached hydrogens (tertiary/aromatic N) is 4. The number of rotatable bonds is 6. The van der Waals surface area contributed by atoms with Crippen LogP contribution in [0.5, 0.6) is 5.88 Å². The summed E-state index contributed by atoms with van der Waals surface area (Å²) in [5, 5.41) is 6.70. The zero-order chi connectivity index (χ0) is 21.3. The van der Waals surface area contributed by atoms with E-state index in [-0.39, 0.29) is 28.5 Å². The highest BCUT2D eigenvalue weighted by Crippen LogP contribution is 2.31. The number of alkyl halides is 5. The van der Waals surface area contributed by atoms with E-state index in [2.05, 4.69) is 24.5 Å². The molecule has 0 aliphatic heterocycles. The molecule has 13 heteroatoms. The summed E-state index contributed by atoms with van der Waals surface area (Å²) in [5.41, 5.74) is 0.460. The fourth-order valence-electron chi connectivity index (χ4n) is 2.37. The lowest BCUT2D eigenvalue weighted by atomic mass is 10.0. The molecule has 0 bridgehead atoms. The summed E-state index contributed by atoms with van der Waals surface area (Å²) in [4.78, 5) is 15.6. The largest absolute Gasteiger partial charge is 0.471 e. The minimum atomic E-state index is -4.76. The Labute approximate surface area is 164 Å². The summed E-state index contributed by atoms with van der Waals surface area (Å²) in [6.45, 7) is -3.14. The number of carbonyl (C=O) groups is 1. The maximum Gasteiger partial charge on any atom is 0.471 e. The standard InChI is InChI=1S/C16H10ClF5N4O3/c1-26-13(28-15(18)19)10(17)11(24-26)9(27)6-7-2-4-8(5-3-7)12-23-14(29-25-12)16(20,21)22/h2-5,15H,6H2,1H3. The topological polar surface area (TPSA) is 83.0 Å². The van der Waals surface area contributed by atoms with Gasteiger partial charge >= 0.3 is 18.7 Å². The average Bonchev–Trinajstić information content (AvgIpc) is 3.23. The van der Waals surface area contributed by atoms with Crippen LogP contribution in [0.15, 0.2) is 28.8 Å². The number of Topliss-reactive ketones (excluding diaryl/α,β-unsaturated/α-hetero) is 1. The summed E-state index contributed by atoms with van der Waals surface area (Å²) in [7, 11) is 1.29. The molecule has 7 nitrogen and oxygen atoms in total. The number of ether oxygens (including phenoxy) is 1. The number of halogens is 6. The second kappa shape index (κ2) is 7.78. The van der Waals surface area contributed by atoms with Crippen LogP contribution in [0.2, 0.25) is 5.02 Å². The molecule has 0 unspecified atom stereocenters. The Hall–Kier alpha value is -3.02. The number of hydrogen-bond donors (Lipinski definition) is 0. The third-order valence-electron chi connectivity index (χ3n) is 3.65. The molecule has 154 valence electrons. The summed E-state index contributed by atoms with van der Waals surface area (Å²) in [6, 6.07) is 5.73. The zero-order valence-electron chi connectivity index (χ0n) is 14.4. The van der Waals surface area contributed by atoms with Crippen LogP contribution in [-0.4, -0.2) is 32.3 Å². The van der Waals surface area contributed by atoms with Crippen LogP contribution >= 0.6 is 11.6 Å². The van der Waals surface area contributed by atoms with Crippen molar-refractivity contribution >= 4 is 17.4 Å². The van der Waals surface area contributed by atoms with Gasteiger partial charge in [-0.25, -0.2) is 4.68 Å². The van der Waals surface area contributed by atoms with E-state index in [1.54, 1.807) is 0 Å². The number of aromatic nitrogens is 4. The maximum absolute atomic E-state index is 12.5. The summed E-state index contributed by atoms with van der Waals surface area (Å²) >= 11 is 5.90. The van der Waals surface area contributed by atoms with Gasteiger partial charge in [0.2, 0.25) is 11.7 Å². The second-order valence-electron chi connectivity index (χ2n) is 5.69. The van der Waals surface area contributed by atoms with Gasteiger partial charge in [-0.3, -0.25) is 4.79 Å². The van der Waals surface area contributed by atoms with Crippen molar-refractivity contribution in [1.82, 2.24) is 19.9 Å². The molecule has 0 amide bonds. The van der Waals surface area contributed by atoms with Crippen molar-refractivity contribution in [2.45, 2.75) is 19.2 Å². The van der Waals surface area contributed by atoms with Crippen LogP contribution in [0.4, 0.5) is 22.0 Å². The van der Waals surface area contributed by atoms with Crippen molar-refractivity contribution < 1.29 is 36.0 Å². The van der Waals surface area contributed by atoms with Gasteiger partial charge in [0.15, 0.2) is 11.5 Å². The molecule has 0 N–H and O–H groups in total. The molecule has 0 radical (unpaired) electrons. The first-order chi connectivity index (χ1) is 13.6. The second-order valence-corrected chi connectivity index (χ2v) is 6.07. The third-order valence-corrected chi connectivity index (χ3v) is 3.99. The molecule has 0 aliphatic carbocycles. The molecule has 29 heavy (non-hydrogen) atoms. The molecule has 0 aliphatic rings. The summed E-state index contributed by atoms with van der Waals surface area (Å²) < 4.78 is 71.6. The lowest BCUT2D eigenvalue weighted by molar-refractivity contribution is -0.159. The molecule has 0 fully saturated rings. The number of aryl methyl sites for hydroxylation is 1. The number of benzene rings is 1. The average molecular weight is 437 g/mol. The number of ketones is 1. The highest BCUT2D eigenvalue weighted by atomic mass is 35.5. The van der Waals surface area contributed by atoms with Gasteiger partial charge < -0.3 is 9.26 Å². The normalized spacial score (nSPS) is 11.9. The van der Waals surface area contributed by atoms with Gasteiger partial charge in [0.05, 0.1) is 0 Å². The van der Waals surface area contributed by atoms with Crippen LogP contribution < -0.4 is 4.74 Å². The lowest BCUT2D eigenvalue weighted by Crippen LogP contribution is -2.06. The highest BCUT2D eigenvalue weighted by Gasteiger charge is 2.38. The highest BCUT2D eigenvalue weighted by molar-refractivity contribution is 6.35. The summed E-state index contributed by atoms with van der Waals surface area (Å²) in [6.07, 6.45) is -4.95.